The molecule has 3 aromatic rings. The fraction of sp³-hybridized carbons (Fsp3) is 0.259. The van der Waals surface area contributed by atoms with E-state index in [9.17, 15) is 55.5 Å². The van der Waals surface area contributed by atoms with Crippen molar-refractivity contribution in [1.29, 1.82) is 0 Å². The molecule has 0 radical (unpaired) electrons. The van der Waals surface area contributed by atoms with Crippen molar-refractivity contribution in [3.8, 4) is 51.4 Å². The molecule has 0 spiro atoms. The summed E-state index contributed by atoms with van der Waals surface area (Å²) in [7, 11) is 0. The van der Waals surface area contributed by atoms with Crippen LogP contribution in [-0.4, -0.2) is 95.2 Å². The molecule has 42 heavy (non-hydrogen) atoms. The van der Waals surface area contributed by atoms with E-state index < -0.39 is 113 Å². The number of ether oxygens (including phenoxy) is 4. The zero-order valence-corrected chi connectivity index (χ0v) is 21.2. The normalized spacial score (nSPS) is 23.8. The molecule has 0 unspecified atom stereocenters. The molecule has 0 aliphatic carbocycles. The quantitative estimate of drug-likeness (QED) is 0.147. The molecule has 0 aromatic heterocycles. The van der Waals surface area contributed by atoms with E-state index in [0.717, 1.165) is 0 Å². The van der Waals surface area contributed by atoms with Gasteiger partial charge in [0.25, 0.3) is 0 Å². The van der Waals surface area contributed by atoms with E-state index in [0.29, 0.717) is 17.7 Å². The van der Waals surface area contributed by atoms with Gasteiger partial charge in [-0.2, -0.15) is 0 Å². The maximum Gasteiger partial charge on any atom is 0.339 e. The molecule has 3 aromatic carbocycles. The number of esters is 2. The summed E-state index contributed by atoms with van der Waals surface area (Å²) in [5.74, 6) is -9.46. The van der Waals surface area contributed by atoms with Crippen molar-refractivity contribution in [2.45, 2.75) is 37.3 Å². The van der Waals surface area contributed by atoms with E-state index in [-0.39, 0.29) is 5.75 Å². The second kappa shape index (κ2) is 10.8. The first kappa shape index (κ1) is 28.6. The molecule has 15 nitrogen and oxygen atoms in total. The molecule has 1 fully saturated rings. The predicted molar refractivity (Wildman–Crippen MR) is 135 cm³/mol. The summed E-state index contributed by atoms with van der Waals surface area (Å²) < 4.78 is 22.0. The van der Waals surface area contributed by atoms with Crippen molar-refractivity contribution >= 4 is 11.9 Å². The lowest BCUT2D eigenvalue weighted by Crippen LogP contribution is -2.61. The molecule has 0 saturated carbocycles. The topological polar surface area (TPSA) is 253 Å². The number of aromatic hydroxyl groups is 6. The lowest BCUT2D eigenvalue weighted by atomic mass is 9.92. The molecule has 2 aliphatic heterocycles. The van der Waals surface area contributed by atoms with Crippen LogP contribution in [0.15, 0.2) is 36.4 Å². The molecule has 2 aliphatic rings. The Hall–Kier alpha value is -4.96. The second-order valence-electron chi connectivity index (χ2n) is 9.41. The summed E-state index contributed by atoms with van der Waals surface area (Å²) in [5.41, 5.74) is -2.79. The summed E-state index contributed by atoms with van der Waals surface area (Å²) in [4.78, 5) is 26.6. The zero-order valence-electron chi connectivity index (χ0n) is 21.2. The van der Waals surface area contributed by atoms with Crippen LogP contribution < -0.4 is 4.74 Å². The van der Waals surface area contributed by atoms with Gasteiger partial charge in [0.05, 0.1) is 17.7 Å². The molecule has 5 rings (SSSR count). The van der Waals surface area contributed by atoms with Gasteiger partial charge in [0.15, 0.2) is 29.1 Å². The Morgan fingerprint density at radius 1 is 0.786 bits per heavy atom. The zero-order chi connectivity index (χ0) is 30.5. The number of carbonyl (C=O) groups excluding carboxylic acids is 2. The van der Waals surface area contributed by atoms with E-state index in [1.807, 2.05) is 0 Å². The summed E-state index contributed by atoms with van der Waals surface area (Å²) in [6.45, 7) is -1.21. The monoisotopic (exact) mass is 588 g/mol. The van der Waals surface area contributed by atoms with Crippen molar-refractivity contribution in [2.24, 2.45) is 0 Å². The summed E-state index contributed by atoms with van der Waals surface area (Å²) in [6, 6.07) is 7.43. The van der Waals surface area contributed by atoms with E-state index in [4.69, 9.17) is 18.9 Å². The van der Waals surface area contributed by atoms with Crippen LogP contribution in [0.4, 0.5) is 0 Å². The number of cyclic esters (lactones) is 1. The average Bonchev–Trinajstić information content (AvgIpc) is 2.98. The molecule has 0 bridgehead atoms. The predicted octanol–water partition coefficient (Wildman–Crippen LogP) is 0.301. The largest absolute Gasteiger partial charge is 0.504 e. The highest BCUT2D eigenvalue weighted by Crippen LogP contribution is 2.52. The molecule has 5 atom stereocenters. The molecule has 222 valence electrons. The number of carbonyl (C=O) groups is 2. The molecule has 1 saturated heterocycles. The van der Waals surface area contributed by atoms with Crippen LogP contribution in [0.1, 0.15) is 26.3 Å². The van der Waals surface area contributed by atoms with Gasteiger partial charge in [0, 0.05) is 16.7 Å². The maximum atomic E-state index is 13.4. The highest BCUT2D eigenvalue weighted by Gasteiger charge is 2.49. The Morgan fingerprint density at radius 3 is 1.95 bits per heavy atom. The number of hydrogen-bond donors (Lipinski definition) is 9. The summed E-state index contributed by atoms with van der Waals surface area (Å²) in [6.07, 6.45) is -8.74. The van der Waals surface area contributed by atoms with Crippen LogP contribution >= 0.6 is 0 Å². The third-order valence-corrected chi connectivity index (χ3v) is 6.85. The Kier molecular flexibility index (Phi) is 7.34. The molecule has 2 heterocycles. The molecular weight excluding hydrogens is 564 g/mol. The van der Waals surface area contributed by atoms with Gasteiger partial charge in [-0.15, -0.1) is 0 Å². The van der Waals surface area contributed by atoms with Crippen molar-refractivity contribution < 1.29 is 74.5 Å². The Balaban J connectivity index is 1.62. The van der Waals surface area contributed by atoms with Crippen molar-refractivity contribution in [3.05, 3.63) is 53.1 Å². The van der Waals surface area contributed by atoms with E-state index in [1.54, 1.807) is 12.1 Å². The minimum absolute atomic E-state index is 0.0831. The van der Waals surface area contributed by atoms with E-state index >= 15 is 0 Å². The minimum Gasteiger partial charge on any atom is -0.504 e. The standard InChI is InChI=1S/C27H24O15/c28-7-9-3-1-2-4-14(9)40-27-23(36)22(35)24-15(41-27)8-39-25(37)10-5-12(29)18(31)20(33)16(10)17-11(26(38)42-24)6-13(30)19(32)21(17)34/h1-6,15,22-24,27-36H,7-8H2/t15-,22-,23-,24+,27-/m1/s1. The first-order chi connectivity index (χ1) is 19.9. The second-order valence-corrected chi connectivity index (χ2v) is 9.41. The lowest BCUT2D eigenvalue weighted by molar-refractivity contribution is -0.276. The van der Waals surface area contributed by atoms with Gasteiger partial charge in [-0.25, -0.2) is 9.59 Å². The summed E-state index contributed by atoms with van der Waals surface area (Å²) in [5, 5.41) is 93.2. The van der Waals surface area contributed by atoms with Crippen molar-refractivity contribution in [1.82, 2.24) is 0 Å². The van der Waals surface area contributed by atoms with Gasteiger partial charge in [0.1, 0.15) is 30.7 Å². The third kappa shape index (κ3) is 4.69. The average molecular weight is 588 g/mol. The first-order valence-corrected chi connectivity index (χ1v) is 12.3. The van der Waals surface area contributed by atoms with Crippen LogP contribution in [0.5, 0.6) is 40.2 Å². The fourth-order valence-electron chi connectivity index (χ4n) is 4.70. The molecule has 9 N–H and O–H groups in total. The van der Waals surface area contributed by atoms with Crippen LogP contribution in [0.3, 0.4) is 0 Å². The van der Waals surface area contributed by atoms with Gasteiger partial charge >= 0.3 is 11.9 Å². The number of aliphatic hydroxyl groups excluding tert-OH is 3. The molecular formula is C27H24O15. The maximum absolute atomic E-state index is 13.4. The summed E-state index contributed by atoms with van der Waals surface area (Å²) >= 11 is 0. The van der Waals surface area contributed by atoms with Gasteiger partial charge in [-0.3, -0.25) is 0 Å². The Morgan fingerprint density at radius 2 is 1.36 bits per heavy atom. The fourth-order valence-corrected chi connectivity index (χ4v) is 4.70. The van der Waals surface area contributed by atoms with E-state index in [1.165, 1.54) is 12.1 Å². The van der Waals surface area contributed by atoms with Crippen molar-refractivity contribution in [3.63, 3.8) is 0 Å². The van der Waals surface area contributed by atoms with Crippen LogP contribution in [-0.2, 0) is 20.8 Å². The molecule has 15 heteroatoms. The van der Waals surface area contributed by atoms with Gasteiger partial charge in [-0.05, 0) is 18.2 Å². The smallest absolute Gasteiger partial charge is 0.339 e. The number of fused-ring (bicyclic) bond motifs is 4. The highest BCUT2D eigenvalue weighted by molar-refractivity contribution is 6.08. The van der Waals surface area contributed by atoms with Crippen LogP contribution in [0.25, 0.3) is 11.1 Å². The number of aliphatic hydroxyl groups is 3. The molecule has 0 amide bonds. The van der Waals surface area contributed by atoms with Crippen LogP contribution in [0.2, 0.25) is 0 Å². The SMILES string of the molecule is O=C1OC[C@H]2O[C@@H](Oc3ccccc3CO)[C@H](O)[C@@H](O)[C@H]2OC(=O)c2cc(O)c(O)c(O)c2-c2c1cc(O)c(O)c2O. The van der Waals surface area contributed by atoms with E-state index in [2.05, 4.69) is 0 Å². The van der Waals surface area contributed by atoms with Gasteiger partial charge < -0.3 is 64.9 Å². The number of phenolic OH excluding ortho intramolecular Hbond substituents is 6. The third-order valence-electron chi connectivity index (χ3n) is 6.85. The number of benzene rings is 3. The number of rotatable bonds is 3. The van der Waals surface area contributed by atoms with Crippen LogP contribution in [0, 0.1) is 0 Å². The van der Waals surface area contributed by atoms with Gasteiger partial charge in [-0.1, -0.05) is 18.2 Å². The van der Waals surface area contributed by atoms with Crippen molar-refractivity contribution in [2.75, 3.05) is 6.61 Å². The minimum atomic E-state index is -1.94. The number of phenols is 6. The van der Waals surface area contributed by atoms with Gasteiger partial charge in [0.2, 0.25) is 17.8 Å². The lowest BCUT2D eigenvalue weighted by Gasteiger charge is -2.41. The first-order valence-electron chi connectivity index (χ1n) is 12.3. The number of para-hydroxylation sites is 1. The Labute approximate surface area is 235 Å². The number of hydrogen-bond acceptors (Lipinski definition) is 15. The highest BCUT2D eigenvalue weighted by atomic mass is 16.7. The Bertz CT molecular complexity index is 1570.